The van der Waals surface area contributed by atoms with Crippen molar-refractivity contribution in [3.8, 4) is 0 Å². The highest BCUT2D eigenvalue weighted by molar-refractivity contribution is 6.06. The van der Waals surface area contributed by atoms with E-state index in [4.69, 9.17) is 0 Å². The molecule has 1 saturated heterocycles. The number of nitrogens with zero attached hydrogens (tertiary/aromatic N) is 3. The van der Waals surface area contributed by atoms with Gasteiger partial charge in [0.2, 0.25) is 0 Å². The molecular weight excluding hydrogens is 346 g/mol. The van der Waals surface area contributed by atoms with E-state index in [9.17, 15) is 4.79 Å². The van der Waals surface area contributed by atoms with Gasteiger partial charge in [-0.15, -0.1) is 0 Å². The minimum atomic E-state index is 0.122. The van der Waals surface area contributed by atoms with Crippen molar-refractivity contribution in [1.29, 1.82) is 0 Å². The second-order valence-electron chi connectivity index (χ2n) is 7.83. The molecule has 1 aromatic heterocycles. The molecule has 4 heteroatoms. The monoisotopic (exact) mass is 373 g/mol. The van der Waals surface area contributed by atoms with Gasteiger partial charge in [-0.3, -0.25) is 14.7 Å². The zero-order chi connectivity index (χ0) is 19.7. The molecule has 1 aliphatic heterocycles. The number of pyridine rings is 1. The Kier molecular flexibility index (Phi) is 5.14. The highest BCUT2D eigenvalue weighted by Crippen LogP contribution is 2.22. The number of benzene rings is 2. The van der Waals surface area contributed by atoms with Crippen LogP contribution in [0.5, 0.6) is 0 Å². The Labute approximate surface area is 166 Å². The van der Waals surface area contributed by atoms with Crippen molar-refractivity contribution in [2.24, 2.45) is 0 Å². The number of piperazine rings is 1. The summed E-state index contributed by atoms with van der Waals surface area (Å²) in [6, 6.07) is 16.6. The van der Waals surface area contributed by atoms with Gasteiger partial charge in [0.25, 0.3) is 5.91 Å². The van der Waals surface area contributed by atoms with E-state index in [0.29, 0.717) is 0 Å². The van der Waals surface area contributed by atoms with Crippen LogP contribution in [0.1, 0.15) is 32.7 Å². The fourth-order valence-electron chi connectivity index (χ4n) is 3.96. The Balaban J connectivity index is 1.49. The molecule has 4 nitrogen and oxygen atoms in total. The molecule has 2 aromatic carbocycles. The average molecular weight is 374 g/mol. The van der Waals surface area contributed by atoms with E-state index in [1.54, 1.807) is 0 Å². The van der Waals surface area contributed by atoms with Crippen molar-refractivity contribution < 1.29 is 4.79 Å². The van der Waals surface area contributed by atoms with Crippen LogP contribution in [0.2, 0.25) is 0 Å². The van der Waals surface area contributed by atoms with Gasteiger partial charge in [-0.05, 0) is 50.1 Å². The molecule has 0 radical (unpaired) electrons. The van der Waals surface area contributed by atoms with E-state index in [0.717, 1.165) is 60.4 Å². The summed E-state index contributed by atoms with van der Waals surface area (Å²) >= 11 is 0. The Bertz CT molecular complexity index is 1020. The number of carbonyl (C=O) groups is 1. The zero-order valence-electron chi connectivity index (χ0n) is 16.9. The van der Waals surface area contributed by atoms with Crippen molar-refractivity contribution >= 4 is 16.8 Å². The first kappa shape index (κ1) is 18.6. The van der Waals surface area contributed by atoms with E-state index in [1.165, 1.54) is 11.1 Å². The lowest BCUT2D eigenvalue weighted by molar-refractivity contribution is 0.0630. The summed E-state index contributed by atoms with van der Waals surface area (Å²) in [5.74, 6) is 0.122. The fraction of sp³-hybridized carbons (Fsp3) is 0.333. The third-order valence-corrected chi connectivity index (χ3v) is 5.64. The van der Waals surface area contributed by atoms with Crippen LogP contribution in [0, 0.1) is 20.8 Å². The maximum Gasteiger partial charge on any atom is 0.254 e. The van der Waals surface area contributed by atoms with Gasteiger partial charge in [0.1, 0.15) is 0 Å². The maximum atomic E-state index is 13.3. The number of carbonyl (C=O) groups excluding carboxylic acids is 1. The van der Waals surface area contributed by atoms with Gasteiger partial charge in [-0.2, -0.15) is 0 Å². The van der Waals surface area contributed by atoms with Crippen LogP contribution in [0.25, 0.3) is 10.9 Å². The van der Waals surface area contributed by atoms with Gasteiger partial charge in [0.15, 0.2) is 0 Å². The predicted molar refractivity (Wildman–Crippen MR) is 114 cm³/mol. The zero-order valence-corrected chi connectivity index (χ0v) is 16.9. The van der Waals surface area contributed by atoms with E-state index in [-0.39, 0.29) is 5.91 Å². The molecule has 0 N–H and O–H groups in total. The van der Waals surface area contributed by atoms with Gasteiger partial charge in [-0.25, -0.2) is 0 Å². The Morgan fingerprint density at radius 2 is 1.71 bits per heavy atom. The van der Waals surface area contributed by atoms with Gasteiger partial charge in [0.05, 0.1) is 11.1 Å². The topological polar surface area (TPSA) is 36.4 Å². The van der Waals surface area contributed by atoms with Crippen LogP contribution < -0.4 is 0 Å². The number of hydrogen-bond acceptors (Lipinski definition) is 3. The van der Waals surface area contributed by atoms with E-state index in [2.05, 4.69) is 54.1 Å². The van der Waals surface area contributed by atoms with Crippen molar-refractivity contribution in [2.45, 2.75) is 27.3 Å². The van der Waals surface area contributed by atoms with Crippen LogP contribution in [-0.2, 0) is 6.54 Å². The standard InChI is InChI=1S/C24H27N3O/c1-17-8-9-23-21(14-17)22(15-19(3)25-23)24(28)27-12-10-26(11-13-27)16-20-7-5-4-6-18(20)2/h4-9,14-15H,10-13,16H2,1-3H3. The fourth-order valence-corrected chi connectivity index (χ4v) is 3.96. The molecule has 0 bridgehead atoms. The Morgan fingerprint density at radius 1 is 0.964 bits per heavy atom. The van der Waals surface area contributed by atoms with Gasteiger partial charge >= 0.3 is 0 Å². The second-order valence-corrected chi connectivity index (χ2v) is 7.83. The molecule has 0 aliphatic carbocycles. The third-order valence-electron chi connectivity index (χ3n) is 5.64. The molecule has 1 fully saturated rings. The van der Waals surface area contributed by atoms with Crippen LogP contribution in [-0.4, -0.2) is 46.9 Å². The third kappa shape index (κ3) is 3.78. The summed E-state index contributed by atoms with van der Waals surface area (Å²) in [5.41, 5.74) is 6.41. The quantitative estimate of drug-likeness (QED) is 0.693. The number of fused-ring (bicyclic) bond motifs is 1. The molecule has 28 heavy (non-hydrogen) atoms. The SMILES string of the molecule is Cc1ccc2nc(C)cc(C(=O)N3CCN(Cc4ccccc4C)CC3)c2c1. The van der Waals surface area contributed by atoms with Crippen LogP contribution in [0.3, 0.4) is 0 Å². The summed E-state index contributed by atoms with van der Waals surface area (Å²) in [6.07, 6.45) is 0. The molecule has 3 aromatic rings. The van der Waals surface area contributed by atoms with Gasteiger partial charge < -0.3 is 4.90 Å². The number of hydrogen-bond donors (Lipinski definition) is 0. The number of amides is 1. The Morgan fingerprint density at radius 3 is 2.46 bits per heavy atom. The molecule has 1 amide bonds. The van der Waals surface area contributed by atoms with Crippen molar-refractivity contribution in [1.82, 2.24) is 14.8 Å². The summed E-state index contributed by atoms with van der Waals surface area (Å²) in [6.45, 7) is 10.5. The van der Waals surface area contributed by atoms with Gasteiger partial charge in [-0.1, -0.05) is 35.9 Å². The van der Waals surface area contributed by atoms with Crippen LogP contribution >= 0.6 is 0 Å². The first-order chi connectivity index (χ1) is 13.5. The molecule has 0 atom stereocenters. The summed E-state index contributed by atoms with van der Waals surface area (Å²) in [7, 11) is 0. The summed E-state index contributed by atoms with van der Waals surface area (Å²) < 4.78 is 0. The summed E-state index contributed by atoms with van der Waals surface area (Å²) in [5, 5.41) is 0.956. The van der Waals surface area contributed by atoms with E-state index in [1.807, 2.05) is 30.0 Å². The van der Waals surface area contributed by atoms with Crippen LogP contribution in [0.4, 0.5) is 0 Å². The minimum Gasteiger partial charge on any atom is -0.336 e. The van der Waals surface area contributed by atoms with Gasteiger partial charge in [0, 0.05) is 43.8 Å². The molecule has 0 spiro atoms. The molecule has 2 heterocycles. The molecular formula is C24H27N3O. The number of aryl methyl sites for hydroxylation is 3. The summed E-state index contributed by atoms with van der Waals surface area (Å²) in [4.78, 5) is 22.3. The normalized spacial score (nSPS) is 15.2. The largest absolute Gasteiger partial charge is 0.336 e. The molecule has 0 unspecified atom stereocenters. The predicted octanol–water partition coefficient (Wildman–Crippen LogP) is 4.12. The first-order valence-corrected chi connectivity index (χ1v) is 9.95. The van der Waals surface area contributed by atoms with Crippen LogP contribution in [0.15, 0.2) is 48.5 Å². The lowest BCUT2D eigenvalue weighted by atomic mass is 10.0. The van der Waals surface area contributed by atoms with Crippen molar-refractivity contribution in [3.63, 3.8) is 0 Å². The lowest BCUT2D eigenvalue weighted by Crippen LogP contribution is -2.48. The number of aromatic nitrogens is 1. The second kappa shape index (κ2) is 7.72. The molecule has 144 valence electrons. The van der Waals surface area contributed by atoms with E-state index >= 15 is 0 Å². The average Bonchev–Trinajstić information content (AvgIpc) is 2.69. The molecule has 1 aliphatic rings. The van der Waals surface area contributed by atoms with Crippen molar-refractivity contribution in [3.05, 3.63) is 76.5 Å². The number of rotatable bonds is 3. The molecule has 4 rings (SSSR count). The highest BCUT2D eigenvalue weighted by atomic mass is 16.2. The maximum absolute atomic E-state index is 13.3. The smallest absolute Gasteiger partial charge is 0.254 e. The lowest BCUT2D eigenvalue weighted by Gasteiger charge is -2.35. The Hall–Kier alpha value is -2.72. The van der Waals surface area contributed by atoms with Crippen molar-refractivity contribution in [2.75, 3.05) is 26.2 Å². The first-order valence-electron chi connectivity index (χ1n) is 9.95. The van der Waals surface area contributed by atoms with E-state index < -0.39 is 0 Å². The molecule has 0 saturated carbocycles. The highest BCUT2D eigenvalue weighted by Gasteiger charge is 2.24. The minimum absolute atomic E-state index is 0.122.